The van der Waals surface area contributed by atoms with Crippen LogP contribution in [0.2, 0.25) is 0 Å². The fraction of sp³-hybridized carbons (Fsp3) is 0.517. The van der Waals surface area contributed by atoms with Gasteiger partial charge in [0.2, 0.25) is 5.91 Å². The normalized spacial score (nSPS) is 18.4. The molecule has 3 aliphatic rings. The van der Waals surface area contributed by atoms with Crippen LogP contribution in [0, 0.1) is 12.8 Å². The Morgan fingerprint density at radius 1 is 1.00 bits per heavy atom. The molecule has 0 atom stereocenters. The van der Waals surface area contributed by atoms with Crippen LogP contribution in [0.5, 0.6) is 0 Å². The molecule has 0 bridgehead atoms. The fourth-order valence-corrected chi connectivity index (χ4v) is 5.96. The summed E-state index contributed by atoms with van der Waals surface area (Å²) in [6.07, 6.45) is 8.51. The van der Waals surface area contributed by atoms with Crippen molar-refractivity contribution in [2.24, 2.45) is 5.92 Å². The molecule has 5 rings (SSSR count). The van der Waals surface area contributed by atoms with Gasteiger partial charge in [-0.15, -0.1) is 12.4 Å². The predicted octanol–water partition coefficient (Wildman–Crippen LogP) is 5.56. The van der Waals surface area contributed by atoms with Crippen molar-refractivity contribution < 1.29 is 9.59 Å². The van der Waals surface area contributed by atoms with Crippen molar-refractivity contribution >= 4 is 29.8 Å². The fourth-order valence-electron chi connectivity index (χ4n) is 5.96. The largest absolute Gasteiger partial charge is 0.312 e. The number of piperidine rings is 1. The number of hydrogen-bond donors (Lipinski definition) is 0. The molecule has 0 saturated carbocycles. The number of hydrogen-bond acceptors (Lipinski definition) is 3. The van der Waals surface area contributed by atoms with Crippen LogP contribution in [0.1, 0.15) is 71.1 Å². The highest BCUT2D eigenvalue weighted by Gasteiger charge is 2.30. The van der Waals surface area contributed by atoms with Crippen LogP contribution in [0.3, 0.4) is 0 Å². The minimum Gasteiger partial charge on any atom is -0.312 e. The first-order valence-electron chi connectivity index (χ1n) is 12.8. The Hall–Kier alpha value is -2.17. The van der Waals surface area contributed by atoms with Crippen molar-refractivity contribution in [3.8, 4) is 0 Å². The number of ketones is 1. The summed E-state index contributed by atoms with van der Waals surface area (Å²) in [5.74, 6) is 1.19. The zero-order valence-corrected chi connectivity index (χ0v) is 21.2. The highest BCUT2D eigenvalue weighted by Crippen LogP contribution is 2.37. The van der Waals surface area contributed by atoms with Crippen molar-refractivity contribution in [1.82, 2.24) is 4.90 Å². The maximum atomic E-state index is 13.1. The molecule has 0 N–H and O–H groups in total. The molecular formula is C29H37ClN2O2. The third kappa shape index (κ3) is 5.39. The van der Waals surface area contributed by atoms with Crippen LogP contribution in [0.25, 0.3) is 0 Å². The number of benzene rings is 2. The van der Waals surface area contributed by atoms with Gasteiger partial charge in [0, 0.05) is 31.5 Å². The van der Waals surface area contributed by atoms with Crippen molar-refractivity contribution in [3.05, 3.63) is 64.2 Å². The quantitative estimate of drug-likeness (QED) is 0.487. The van der Waals surface area contributed by atoms with E-state index in [4.69, 9.17) is 0 Å². The molecule has 182 valence electrons. The number of Topliss-reactive ketones (excluding diaryl/α,β-unsaturated/α-hetero) is 1. The van der Waals surface area contributed by atoms with Gasteiger partial charge in [-0.1, -0.05) is 24.3 Å². The number of carbonyl (C=O) groups is 2. The minimum atomic E-state index is 0. The summed E-state index contributed by atoms with van der Waals surface area (Å²) < 4.78 is 0. The molecule has 2 aromatic carbocycles. The second kappa shape index (κ2) is 11.0. The molecule has 0 aromatic heterocycles. The van der Waals surface area contributed by atoms with Gasteiger partial charge in [0.25, 0.3) is 0 Å². The summed E-state index contributed by atoms with van der Waals surface area (Å²) in [7, 11) is 0. The van der Waals surface area contributed by atoms with Gasteiger partial charge in [0.15, 0.2) is 5.78 Å². The SMILES string of the molecule is Cc1ccccc1CCN1CCC(CCC(=O)c2cc3c4c(c2)CCC(=O)N4CCC3)CC1.Cl. The van der Waals surface area contributed by atoms with Crippen molar-refractivity contribution in [1.29, 1.82) is 0 Å². The molecule has 5 heteroatoms. The maximum Gasteiger partial charge on any atom is 0.227 e. The van der Waals surface area contributed by atoms with Crippen LogP contribution < -0.4 is 4.90 Å². The Morgan fingerprint density at radius 2 is 1.74 bits per heavy atom. The lowest BCUT2D eigenvalue weighted by atomic mass is 9.87. The molecule has 3 heterocycles. The van der Waals surface area contributed by atoms with E-state index in [0.717, 1.165) is 69.5 Å². The number of amides is 1. The molecule has 34 heavy (non-hydrogen) atoms. The van der Waals surface area contributed by atoms with Gasteiger partial charge in [0.1, 0.15) is 0 Å². The molecule has 4 nitrogen and oxygen atoms in total. The number of rotatable bonds is 7. The monoisotopic (exact) mass is 480 g/mol. The summed E-state index contributed by atoms with van der Waals surface area (Å²) in [6, 6.07) is 12.9. The number of nitrogens with zero attached hydrogens (tertiary/aromatic N) is 2. The van der Waals surface area contributed by atoms with Gasteiger partial charge < -0.3 is 9.80 Å². The van der Waals surface area contributed by atoms with Gasteiger partial charge in [-0.2, -0.15) is 0 Å². The summed E-state index contributed by atoms with van der Waals surface area (Å²) in [4.78, 5) is 29.9. The van der Waals surface area contributed by atoms with Gasteiger partial charge in [-0.3, -0.25) is 9.59 Å². The molecule has 0 radical (unpaired) electrons. The van der Waals surface area contributed by atoms with Gasteiger partial charge in [-0.05, 0) is 105 Å². The first kappa shape index (κ1) is 24.9. The minimum absolute atomic E-state index is 0. The molecular weight excluding hydrogens is 444 g/mol. The molecule has 0 spiro atoms. The number of aryl methyl sites for hydroxylation is 3. The van der Waals surface area contributed by atoms with E-state index in [1.807, 2.05) is 4.90 Å². The summed E-state index contributed by atoms with van der Waals surface area (Å²) in [5.41, 5.74) is 7.25. The number of likely N-dealkylation sites (tertiary alicyclic amines) is 1. The van der Waals surface area contributed by atoms with Gasteiger partial charge >= 0.3 is 0 Å². The average Bonchev–Trinajstić information content (AvgIpc) is 2.85. The summed E-state index contributed by atoms with van der Waals surface area (Å²) >= 11 is 0. The third-order valence-corrected chi connectivity index (χ3v) is 8.04. The molecule has 3 aliphatic heterocycles. The van der Waals surface area contributed by atoms with Crippen molar-refractivity contribution in [3.63, 3.8) is 0 Å². The van der Waals surface area contributed by atoms with Crippen LogP contribution >= 0.6 is 12.4 Å². The lowest BCUT2D eigenvalue weighted by Gasteiger charge is -2.35. The molecule has 1 saturated heterocycles. The summed E-state index contributed by atoms with van der Waals surface area (Å²) in [6.45, 7) is 6.46. The van der Waals surface area contributed by atoms with Crippen molar-refractivity contribution in [2.45, 2.75) is 64.7 Å². The van der Waals surface area contributed by atoms with Crippen LogP contribution in [-0.2, 0) is 24.1 Å². The second-order valence-electron chi connectivity index (χ2n) is 10.2. The Bertz CT molecular complexity index is 1030. The topological polar surface area (TPSA) is 40.6 Å². The maximum absolute atomic E-state index is 13.1. The summed E-state index contributed by atoms with van der Waals surface area (Å²) in [5, 5.41) is 0. The highest BCUT2D eigenvalue weighted by molar-refractivity contribution is 6.01. The van der Waals surface area contributed by atoms with E-state index in [0.29, 0.717) is 18.8 Å². The average molecular weight is 481 g/mol. The second-order valence-corrected chi connectivity index (χ2v) is 10.2. The van der Waals surface area contributed by atoms with Gasteiger partial charge in [0.05, 0.1) is 5.69 Å². The van der Waals surface area contributed by atoms with E-state index in [-0.39, 0.29) is 24.1 Å². The molecule has 0 unspecified atom stereocenters. The highest BCUT2D eigenvalue weighted by atomic mass is 35.5. The third-order valence-electron chi connectivity index (χ3n) is 8.04. The van der Waals surface area contributed by atoms with E-state index in [1.165, 1.54) is 35.1 Å². The first-order chi connectivity index (χ1) is 16.1. The van der Waals surface area contributed by atoms with Crippen LogP contribution in [-0.4, -0.2) is 42.8 Å². The van der Waals surface area contributed by atoms with Crippen LogP contribution in [0.4, 0.5) is 5.69 Å². The lowest BCUT2D eigenvalue weighted by Crippen LogP contribution is -2.39. The molecule has 1 fully saturated rings. The Balaban J connectivity index is 0.00000274. The predicted molar refractivity (Wildman–Crippen MR) is 140 cm³/mol. The number of carbonyl (C=O) groups excluding carboxylic acids is 2. The number of anilines is 1. The van der Waals surface area contributed by atoms with Gasteiger partial charge in [-0.25, -0.2) is 0 Å². The smallest absolute Gasteiger partial charge is 0.227 e. The Labute approximate surface area is 210 Å². The standard InChI is InChI=1S/C29H36N2O2.ClH/c1-21-5-2-3-6-23(21)14-18-30-16-12-22(13-17-30)8-10-27(32)26-19-24-7-4-15-31-28(33)11-9-25(20-26)29(24)31;/h2-3,5-6,19-20,22H,4,7-18H2,1H3;1H. The molecule has 2 aromatic rings. The lowest BCUT2D eigenvalue weighted by molar-refractivity contribution is -0.119. The first-order valence-corrected chi connectivity index (χ1v) is 12.8. The zero-order chi connectivity index (χ0) is 22.8. The van der Waals surface area contributed by atoms with E-state index < -0.39 is 0 Å². The van der Waals surface area contributed by atoms with E-state index >= 15 is 0 Å². The molecule has 0 aliphatic carbocycles. The van der Waals surface area contributed by atoms with Crippen molar-refractivity contribution in [2.75, 3.05) is 31.1 Å². The number of halogens is 1. The van der Waals surface area contributed by atoms with E-state index in [1.54, 1.807) is 0 Å². The molecule has 1 amide bonds. The van der Waals surface area contributed by atoms with Crippen LogP contribution in [0.15, 0.2) is 36.4 Å². The van der Waals surface area contributed by atoms with E-state index in [9.17, 15) is 9.59 Å². The zero-order valence-electron chi connectivity index (χ0n) is 20.4. The Kier molecular flexibility index (Phi) is 8.10. The van der Waals surface area contributed by atoms with E-state index in [2.05, 4.69) is 48.2 Å². The Morgan fingerprint density at radius 3 is 2.50 bits per heavy atom.